The smallest absolute Gasteiger partial charge is 0.329 e. The molecule has 0 bridgehead atoms. The quantitative estimate of drug-likeness (QED) is 0.479. The third-order valence-corrected chi connectivity index (χ3v) is 5.47. The normalized spacial score (nSPS) is 11.3. The Hall–Kier alpha value is -2.76. The van der Waals surface area contributed by atoms with Crippen LogP contribution in [0.2, 0.25) is 0 Å². The van der Waals surface area contributed by atoms with Crippen LogP contribution in [0.4, 0.5) is 0 Å². The van der Waals surface area contributed by atoms with Crippen LogP contribution in [0.1, 0.15) is 32.6 Å². The van der Waals surface area contributed by atoms with Crippen LogP contribution in [0, 0.1) is 0 Å². The van der Waals surface area contributed by atoms with Crippen LogP contribution < -0.4 is 5.73 Å². The number of hydrogen-bond acceptors (Lipinski definition) is 3. The highest BCUT2D eigenvalue weighted by molar-refractivity contribution is 7.50. The van der Waals surface area contributed by atoms with Gasteiger partial charge in [-0.15, -0.1) is 0 Å². The first-order valence-electron chi connectivity index (χ1n) is 9.58. The lowest BCUT2D eigenvalue weighted by Gasteiger charge is -2.24. The van der Waals surface area contributed by atoms with Gasteiger partial charge in [0.15, 0.2) is 0 Å². The van der Waals surface area contributed by atoms with Crippen LogP contribution in [-0.4, -0.2) is 20.6 Å². The number of carbonyl (C=O) groups excluding carboxylic acids is 1. The van der Waals surface area contributed by atoms with Gasteiger partial charge in [0.1, 0.15) is 0 Å². The fraction of sp³-hybridized carbons (Fsp3) is 0.174. The van der Waals surface area contributed by atoms with Crippen molar-refractivity contribution in [3.8, 4) is 0 Å². The predicted octanol–water partition coefficient (Wildman–Crippen LogP) is 3.67. The summed E-state index contributed by atoms with van der Waals surface area (Å²) in [4.78, 5) is 33.2. The molecule has 1 amide bonds. The van der Waals surface area contributed by atoms with Crippen molar-refractivity contribution in [2.24, 2.45) is 5.73 Å². The zero-order valence-electron chi connectivity index (χ0n) is 16.5. The van der Waals surface area contributed by atoms with Crippen molar-refractivity contribution in [1.29, 1.82) is 0 Å². The lowest BCUT2D eigenvalue weighted by molar-refractivity contribution is 0.0730. The summed E-state index contributed by atoms with van der Waals surface area (Å²) < 4.78 is 11.2. The fourth-order valence-electron chi connectivity index (χ4n) is 3.25. The Kier molecular flexibility index (Phi) is 7.19. The molecule has 156 valence electrons. The molecule has 7 heteroatoms. The minimum Gasteiger partial charge on any atom is -0.330 e. The van der Waals surface area contributed by atoms with Crippen molar-refractivity contribution in [2.45, 2.75) is 25.8 Å². The molecule has 0 unspecified atom stereocenters. The predicted molar refractivity (Wildman–Crippen MR) is 117 cm³/mol. The molecule has 0 aliphatic rings. The lowest BCUT2D eigenvalue weighted by atomic mass is 10.1. The van der Waals surface area contributed by atoms with Crippen LogP contribution in [0.5, 0.6) is 0 Å². The molecule has 0 saturated carbocycles. The van der Waals surface area contributed by atoms with Gasteiger partial charge < -0.3 is 20.4 Å². The summed E-state index contributed by atoms with van der Waals surface area (Å²) in [5.74, 6) is -0.0898. The molecular weight excluding hydrogens is 399 g/mol. The van der Waals surface area contributed by atoms with E-state index in [0.717, 1.165) is 16.7 Å². The van der Waals surface area contributed by atoms with Gasteiger partial charge >= 0.3 is 7.60 Å². The van der Waals surface area contributed by atoms with Crippen LogP contribution in [-0.2, 0) is 30.4 Å². The van der Waals surface area contributed by atoms with Crippen LogP contribution >= 0.6 is 7.60 Å². The first-order chi connectivity index (χ1) is 14.3. The second kappa shape index (κ2) is 9.83. The Bertz CT molecular complexity index is 1030. The summed E-state index contributed by atoms with van der Waals surface area (Å²) >= 11 is 0. The minimum atomic E-state index is -4.11. The van der Waals surface area contributed by atoms with E-state index in [-0.39, 0.29) is 12.1 Å². The molecule has 6 nitrogen and oxygen atoms in total. The van der Waals surface area contributed by atoms with Crippen molar-refractivity contribution >= 4 is 13.5 Å². The number of benzene rings is 3. The molecule has 0 aromatic heterocycles. The molecule has 0 atom stereocenters. The summed E-state index contributed by atoms with van der Waals surface area (Å²) in [5.41, 5.74) is 9.77. The van der Waals surface area contributed by atoms with E-state index in [1.54, 1.807) is 41.3 Å². The fourth-order valence-corrected chi connectivity index (χ4v) is 3.93. The van der Waals surface area contributed by atoms with E-state index in [2.05, 4.69) is 0 Å². The van der Waals surface area contributed by atoms with Crippen molar-refractivity contribution < 1.29 is 19.1 Å². The van der Waals surface area contributed by atoms with E-state index in [4.69, 9.17) is 15.5 Å². The second-order valence-electron chi connectivity index (χ2n) is 7.19. The highest BCUT2D eigenvalue weighted by atomic mass is 31.2. The summed E-state index contributed by atoms with van der Waals surface area (Å²) in [6, 6.07) is 23.9. The van der Waals surface area contributed by atoms with E-state index in [1.807, 2.05) is 42.5 Å². The van der Waals surface area contributed by atoms with Gasteiger partial charge in [-0.05, 0) is 34.4 Å². The number of rotatable bonds is 8. The highest BCUT2D eigenvalue weighted by Crippen LogP contribution is 2.38. The maximum absolute atomic E-state index is 13.2. The van der Waals surface area contributed by atoms with Crippen molar-refractivity contribution in [3.63, 3.8) is 0 Å². The SMILES string of the molecule is NCc1cccc(CN(Cc2ccc(CP(=O)(O)O)cc2)C(=O)c2ccccc2)c1. The number of nitrogens with two attached hydrogens (primary N) is 1. The van der Waals surface area contributed by atoms with Gasteiger partial charge in [-0.1, -0.05) is 66.7 Å². The molecule has 4 N–H and O–H groups in total. The standard InChI is InChI=1S/C23H25N2O4P/c24-14-20-5-4-6-21(13-20)16-25(23(26)22-7-2-1-3-8-22)15-18-9-11-19(12-10-18)17-30(27,28)29/h1-13H,14-17,24H2,(H2,27,28,29). The molecule has 3 rings (SSSR count). The topological polar surface area (TPSA) is 104 Å². The van der Waals surface area contributed by atoms with Crippen molar-refractivity contribution in [1.82, 2.24) is 4.90 Å². The third-order valence-electron chi connectivity index (χ3n) is 4.69. The largest absolute Gasteiger partial charge is 0.330 e. The van der Waals surface area contributed by atoms with Crippen molar-refractivity contribution in [3.05, 3.63) is 107 Å². The molecule has 0 fully saturated rings. The maximum Gasteiger partial charge on any atom is 0.329 e. The molecule has 0 aliphatic carbocycles. The Morgan fingerprint density at radius 1 is 0.800 bits per heavy atom. The second-order valence-corrected chi connectivity index (χ2v) is 8.84. The third kappa shape index (κ3) is 6.37. The van der Waals surface area contributed by atoms with E-state index >= 15 is 0 Å². The first kappa shape index (κ1) is 21.9. The maximum atomic E-state index is 13.2. The lowest BCUT2D eigenvalue weighted by Crippen LogP contribution is -2.30. The number of nitrogens with zero attached hydrogens (tertiary/aromatic N) is 1. The van der Waals surface area contributed by atoms with E-state index in [0.29, 0.717) is 30.8 Å². The molecule has 0 radical (unpaired) electrons. The molecule has 3 aromatic rings. The van der Waals surface area contributed by atoms with Gasteiger partial charge in [-0.25, -0.2) is 0 Å². The average Bonchev–Trinajstić information content (AvgIpc) is 2.74. The Morgan fingerprint density at radius 2 is 1.40 bits per heavy atom. The summed E-state index contributed by atoms with van der Waals surface area (Å²) in [5, 5.41) is 0. The van der Waals surface area contributed by atoms with Gasteiger partial charge in [-0.2, -0.15) is 0 Å². The zero-order chi connectivity index (χ0) is 21.6. The highest BCUT2D eigenvalue weighted by Gasteiger charge is 2.18. The zero-order valence-corrected chi connectivity index (χ0v) is 17.4. The Morgan fingerprint density at radius 3 is 2.03 bits per heavy atom. The van der Waals surface area contributed by atoms with Crippen LogP contribution in [0.3, 0.4) is 0 Å². The number of hydrogen-bond donors (Lipinski definition) is 3. The van der Waals surface area contributed by atoms with Crippen LogP contribution in [0.25, 0.3) is 0 Å². The molecule has 0 aliphatic heterocycles. The van der Waals surface area contributed by atoms with E-state index < -0.39 is 7.60 Å². The summed E-state index contributed by atoms with van der Waals surface area (Å²) in [6.45, 7) is 1.23. The minimum absolute atomic E-state index is 0.0898. The summed E-state index contributed by atoms with van der Waals surface area (Å²) in [6.07, 6.45) is -0.300. The molecule has 0 spiro atoms. The first-order valence-corrected chi connectivity index (χ1v) is 11.4. The Balaban J connectivity index is 1.83. The number of amides is 1. The Labute approximate surface area is 176 Å². The van der Waals surface area contributed by atoms with Gasteiger partial charge in [0.2, 0.25) is 0 Å². The van der Waals surface area contributed by atoms with E-state index in [9.17, 15) is 9.36 Å². The van der Waals surface area contributed by atoms with E-state index in [1.165, 1.54) is 0 Å². The van der Waals surface area contributed by atoms with Gasteiger partial charge in [0.05, 0.1) is 6.16 Å². The number of carbonyl (C=O) groups is 1. The van der Waals surface area contributed by atoms with Gasteiger partial charge in [0.25, 0.3) is 5.91 Å². The monoisotopic (exact) mass is 424 g/mol. The summed E-state index contributed by atoms with van der Waals surface area (Å²) in [7, 11) is -4.11. The molecule has 3 aromatic carbocycles. The molecule has 0 heterocycles. The van der Waals surface area contributed by atoms with Crippen LogP contribution in [0.15, 0.2) is 78.9 Å². The van der Waals surface area contributed by atoms with Crippen molar-refractivity contribution in [2.75, 3.05) is 0 Å². The molecule has 0 saturated heterocycles. The molecule has 30 heavy (non-hydrogen) atoms. The van der Waals surface area contributed by atoms with Gasteiger partial charge in [-0.3, -0.25) is 9.36 Å². The average molecular weight is 424 g/mol. The molecular formula is C23H25N2O4P. The van der Waals surface area contributed by atoms with Gasteiger partial charge in [0, 0.05) is 25.2 Å².